The van der Waals surface area contributed by atoms with Crippen molar-refractivity contribution in [3.63, 3.8) is 0 Å². The van der Waals surface area contributed by atoms with Crippen molar-refractivity contribution < 1.29 is 4.74 Å². The molecule has 1 atom stereocenters. The summed E-state index contributed by atoms with van der Waals surface area (Å²) in [6.07, 6.45) is 1.14. The molecule has 1 aromatic rings. The zero-order valence-electron chi connectivity index (χ0n) is 18.4. The fraction of sp³-hybridized carbons (Fsp3) is 0.682. The van der Waals surface area contributed by atoms with Crippen LogP contribution in [0.15, 0.2) is 29.3 Å². The summed E-state index contributed by atoms with van der Waals surface area (Å²) in [5.41, 5.74) is 3.04. The van der Waals surface area contributed by atoms with Crippen molar-refractivity contribution in [1.29, 1.82) is 0 Å². The molecule has 0 bridgehead atoms. The van der Waals surface area contributed by atoms with Gasteiger partial charge < -0.3 is 15.4 Å². The number of nitrogens with zero attached hydrogens (tertiary/aromatic N) is 3. The number of rotatable bonds is 6. The molecule has 164 valence electrons. The number of nitrogens with one attached hydrogen (secondary N) is 2. The first-order chi connectivity index (χ1) is 13.5. The number of guanidine groups is 1. The minimum Gasteiger partial charge on any atom is -0.379 e. The number of halogens is 1. The number of benzene rings is 1. The Morgan fingerprint density at radius 2 is 1.83 bits per heavy atom. The van der Waals surface area contributed by atoms with Gasteiger partial charge in [-0.05, 0) is 38.3 Å². The maximum atomic E-state index is 5.48. The van der Waals surface area contributed by atoms with Gasteiger partial charge in [0.05, 0.1) is 13.2 Å². The molecule has 2 aliphatic rings. The van der Waals surface area contributed by atoms with Gasteiger partial charge in [-0.3, -0.25) is 14.8 Å². The van der Waals surface area contributed by atoms with Crippen LogP contribution in [0.2, 0.25) is 0 Å². The zero-order chi connectivity index (χ0) is 20.0. The summed E-state index contributed by atoms with van der Waals surface area (Å²) in [6, 6.07) is 9.27. The van der Waals surface area contributed by atoms with E-state index in [4.69, 9.17) is 4.74 Å². The fourth-order valence-electron chi connectivity index (χ4n) is 4.07. The Morgan fingerprint density at radius 1 is 1.14 bits per heavy atom. The Balaban J connectivity index is 0.00000300. The molecule has 2 heterocycles. The second-order valence-corrected chi connectivity index (χ2v) is 8.56. The molecule has 0 radical (unpaired) electrons. The maximum Gasteiger partial charge on any atom is 0.191 e. The molecular weight excluding hydrogens is 477 g/mol. The Bertz CT molecular complexity index is 660. The number of hydrogen-bond donors (Lipinski definition) is 2. The smallest absolute Gasteiger partial charge is 0.191 e. The van der Waals surface area contributed by atoms with Crippen LogP contribution >= 0.6 is 24.0 Å². The van der Waals surface area contributed by atoms with Crippen LogP contribution in [0.5, 0.6) is 0 Å². The van der Waals surface area contributed by atoms with Crippen molar-refractivity contribution in [2.45, 2.75) is 45.3 Å². The summed E-state index contributed by atoms with van der Waals surface area (Å²) in [4.78, 5) is 9.47. The van der Waals surface area contributed by atoms with Gasteiger partial charge in [-0.25, -0.2) is 0 Å². The van der Waals surface area contributed by atoms with Gasteiger partial charge in [0.1, 0.15) is 0 Å². The monoisotopic (exact) mass is 515 g/mol. The van der Waals surface area contributed by atoms with Gasteiger partial charge in [0.25, 0.3) is 0 Å². The Hall–Kier alpha value is -0.900. The lowest BCUT2D eigenvalue weighted by atomic mass is 9.99. The second-order valence-electron chi connectivity index (χ2n) is 8.56. The molecule has 1 aromatic carbocycles. The summed E-state index contributed by atoms with van der Waals surface area (Å²) >= 11 is 0. The topological polar surface area (TPSA) is 52.1 Å². The molecule has 0 saturated carbocycles. The van der Waals surface area contributed by atoms with Gasteiger partial charge in [0.2, 0.25) is 0 Å². The normalized spacial score (nSPS) is 19.8. The van der Waals surface area contributed by atoms with Gasteiger partial charge in [0.15, 0.2) is 5.96 Å². The highest BCUT2D eigenvalue weighted by atomic mass is 127. The van der Waals surface area contributed by atoms with E-state index in [1.54, 1.807) is 0 Å². The van der Waals surface area contributed by atoms with Crippen molar-refractivity contribution in [1.82, 2.24) is 20.4 Å². The predicted molar refractivity (Wildman–Crippen MR) is 131 cm³/mol. The van der Waals surface area contributed by atoms with E-state index in [9.17, 15) is 0 Å². The van der Waals surface area contributed by atoms with E-state index >= 15 is 0 Å². The maximum absolute atomic E-state index is 5.48. The average molecular weight is 515 g/mol. The van der Waals surface area contributed by atoms with Gasteiger partial charge in [-0.1, -0.05) is 24.3 Å². The van der Waals surface area contributed by atoms with Crippen LogP contribution < -0.4 is 10.6 Å². The Morgan fingerprint density at radius 3 is 2.52 bits per heavy atom. The summed E-state index contributed by atoms with van der Waals surface area (Å²) in [7, 11) is 1.85. The molecule has 3 rings (SSSR count). The Labute approximate surface area is 193 Å². The third kappa shape index (κ3) is 6.80. The lowest BCUT2D eigenvalue weighted by Crippen LogP contribution is -2.57. The van der Waals surface area contributed by atoms with Gasteiger partial charge in [-0.15, -0.1) is 24.0 Å². The number of hydrogen-bond acceptors (Lipinski definition) is 4. The average Bonchev–Trinajstić information content (AvgIpc) is 2.74. The van der Waals surface area contributed by atoms with E-state index in [0.717, 1.165) is 64.9 Å². The Kier molecular flexibility index (Phi) is 9.65. The summed E-state index contributed by atoms with van der Waals surface area (Å²) in [6.45, 7) is 14.4. The number of ether oxygens (including phenoxy) is 1. The third-order valence-corrected chi connectivity index (χ3v) is 6.13. The molecule has 0 spiro atoms. The van der Waals surface area contributed by atoms with Crippen LogP contribution in [0, 0.1) is 0 Å². The van der Waals surface area contributed by atoms with Crippen molar-refractivity contribution in [3.8, 4) is 0 Å². The molecule has 2 aliphatic heterocycles. The van der Waals surface area contributed by atoms with Crippen molar-refractivity contribution in [2.75, 3.05) is 53.0 Å². The largest absolute Gasteiger partial charge is 0.379 e. The lowest BCUT2D eigenvalue weighted by molar-refractivity contribution is -0.00834. The molecule has 7 heteroatoms. The van der Waals surface area contributed by atoms with Crippen LogP contribution in [-0.4, -0.2) is 80.3 Å². The standard InChI is InChI=1S/C22H37N5O.HI/c1-18(26-10-9-19-7-5-6-8-20(19)16-26)15-24-21(23-4)25-17-22(2,3)27-11-13-28-14-12-27;/h5-8,18H,9-17H2,1-4H3,(H2,23,24,25);1H. The first-order valence-electron chi connectivity index (χ1n) is 10.6. The molecule has 0 aliphatic carbocycles. The van der Waals surface area contributed by atoms with Crippen LogP contribution in [-0.2, 0) is 17.7 Å². The fourth-order valence-corrected chi connectivity index (χ4v) is 4.07. The lowest BCUT2D eigenvalue weighted by Gasteiger charge is -2.41. The first-order valence-corrected chi connectivity index (χ1v) is 10.6. The van der Waals surface area contributed by atoms with Gasteiger partial charge >= 0.3 is 0 Å². The number of aliphatic imine (C=N–C) groups is 1. The molecule has 1 fully saturated rings. The van der Waals surface area contributed by atoms with Crippen molar-refractivity contribution >= 4 is 29.9 Å². The van der Waals surface area contributed by atoms with E-state index in [2.05, 4.69) is 70.5 Å². The minimum atomic E-state index is 0. The van der Waals surface area contributed by atoms with Gasteiger partial charge in [0, 0.05) is 57.9 Å². The van der Waals surface area contributed by atoms with E-state index in [1.807, 2.05) is 7.05 Å². The van der Waals surface area contributed by atoms with E-state index in [1.165, 1.54) is 11.1 Å². The molecule has 29 heavy (non-hydrogen) atoms. The van der Waals surface area contributed by atoms with Gasteiger partial charge in [-0.2, -0.15) is 0 Å². The van der Waals surface area contributed by atoms with Crippen LogP contribution in [0.1, 0.15) is 31.9 Å². The van der Waals surface area contributed by atoms with Crippen LogP contribution in [0.3, 0.4) is 0 Å². The first kappa shape index (κ1) is 24.4. The molecule has 2 N–H and O–H groups in total. The van der Waals surface area contributed by atoms with E-state index < -0.39 is 0 Å². The zero-order valence-corrected chi connectivity index (χ0v) is 20.7. The number of morpholine rings is 1. The second kappa shape index (κ2) is 11.5. The summed E-state index contributed by atoms with van der Waals surface area (Å²) in [5.74, 6) is 0.880. The van der Waals surface area contributed by atoms with Crippen molar-refractivity contribution in [3.05, 3.63) is 35.4 Å². The summed E-state index contributed by atoms with van der Waals surface area (Å²) in [5, 5.41) is 7.04. The predicted octanol–water partition coefficient (Wildman–Crippen LogP) is 2.33. The molecule has 0 amide bonds. The van der Waals surface area contributed by atoms with E-state index in [-0.39, 0.29) is 29.5 Å². The molecular formula is C22H38IN5O. The van der Waals surface area contributed by atoms with Crippen LogP contribution in [0.25, 0.3) is 0 Å². The highest BCUT2D eigenvalue weighted by molar-refractivity contribution is 14.0. The molecule has 1 saturated heterocycles. The molecule has 0 aromatic heterocycles. The highest BCUT2D eigenvalue weighted by Crippen LogP contribution is 2.20. The number of fused-ring (bicyclic) bond motifs is 1. The van der Waals surface area contributed by atoms with E-state index in [0.29, 0.717) is 6.04 Å². The third-order valence-electron chi connectivity index (χ3n) is 6.13. The minimum absolute atomic E-state index is 0. The SMILES string of the molecule is CN=C(NCC(C)N1CCc2ccccc2C1)NCC(C)(C)N1CCOCC1.I. The molecule has 1 unspecified atom stereocenters. The molecule has 6 nitrogen and oxygen atoms in total. The highest BCUT2D eigenvalue weighted by Gasteiger charge is 2.28. The van der Waals surface area contributed by atoms with Crippen molar-refractivity contribution in [2.24, 2.45) is 4.99 Å². The quantitative estimate of drug-likeness (QED) is 0.346. The van der Waals surface area contributed by atoms with Crippen LogP contribution in [0.4, 0.5) is 0 Å². The summed E-state index contributed by atoms with van der Waals surface area (Å²) < 4.78 is 5.48.